The molecule has 174 valence electrons. The fraction of sp³-hybridized carbons (Fsp3) is 0.192. The van der Waals surface area contributed by atoms with E-state index in [0.717, 1.165) is 33.9 Å². The van der Waals surface area contributed by atoms with Crippen LogP contribution in [0.5, 0.6) is 5.88 Å². The van der Waals surface area contributed by atoms with E-state index in [1.807, 2.05) is 72.5 Å². The fourth-order valence-corrected chi connectivity index (χ4v) is 4.09. The van der Waals surface area contributed by atoms with Crippen molar-refractivity contribution in [3.05, 3.63) is 89.3 Å². The standard InChI is InChI=1S/C26H24N8O/c1-16-5-4-10-34-21(14-28-25(16)34)24-20(12-27)13-29-26(32-24)30-17(2)19-8-6-18(7-9-19)11-22-31-23(35)15-33(22)3/h4-10,13-15,17,35H,11H2,1-3H3,(H,29,30,32)/t17-/m0/s1. The zero-order valence-corrected chi connectivity index (χ0v) is 19.6. The molecule has 9 nitrogen and oxygen atoms in total. The molecule has 0 aliphatic rings. The van der Waals surface area contributed by atoms with Crippen LogP contribution in [-0.4, -0.2) is 34.0 Å². The summed E-state index contributed by atoms with van der Waals surface area (Å²) in [5.41, 5.74) is 5.68. The first-order valence-electron chi connectivity index (χ1n) is 11.2. The van der Waals surface area contributed by atoms with E-state index in [-0.39, 0.29) is 11.9 Å². The molecular weight excluding hydrogens is 440 g/mol. The second-order valence-corrected chi connectivity index (χ2v) is 8.51. The Hall–Kier alpha value is -4.71. The number of anilines is 1. The third kappa shape index (κ3) is 4.29. The normalized spacial score (nSPS) is 11.9. The molecule has 0 aliphatic carbocycles. The minimum Gasteiger partial charge on any atom is -0.492 e. The zero-order chi connectivity index (χ0) is 24.5. The number of benzene rings is 1. The highest BCUT2D eigenvalue weighted by molar-refractivity contribution is 5.68. The van der Waals surface area contributed by atoms with Gasteiger partial charge in [-0.05, 0) is 36.6 Å². The fourth-order valence-electron chi connectivity index (χ4n) is 4.09. The van der Waals surface area contributed by atoms with E-state index in [2.05, 4.69) is 31.3 Å². The van der Waals surface area contributed by atoms with Gasteiger partial charge in [-0.1, -0.05) is 30.3 Å². The second-order valence-electron chi connectivity index (χ2n) is 8.51. The summed E-state index contributed by atoms with van der Waals surface area (Å²) in [6, 6.07) is 14.3. The smallest absolute Gasteiger partial charge is 0.229 e. The topological polar surface area (TPSA) is 117 Å². The summed E-state index contributed by atoms with van der Waals surface area (Å²) in [5, 5.41) is 22.6. The molecular formula is C26H24N8O. The van der Waals surface area contributed by atoms with E-state index >= 15 is 0 Å². The van der Waals surface area contributed by atoms with Crippen molar-refractivity contribution in [1.29, 1.82) is 5.26 Å². The number of rotatable bonds is 6. The van der Waals surface area contributed by atoms with Crippen LogP contribution < -0.4 is 5.32 Å². The number of aromatic nitrogens is 6. The van der Waals surface area contributed by atoms with Gasteiger partial charge in [0.1, 0.15) is 23.2 Å². The van der Waals surface area contributed by atoms with Gasteiger partial charge in [0.2, 0.25) is 11.8 Å². The first kappa shape index (κ1) is 22.1. The third-order valence-corrected chi connectivity index (χ3v) is 6.03. The summed E-state index contributed by atoms with van der Waals surface area (Å²) >= 11 is 0. The van der Waals surface area contributed by atoms with Crippen molar-refractivity contribution < 1.29 is 5.11 Å². The number of nitrogens with one attached hydrogen (secondary N) is 1. The van der Waals surface area contributed by atoms with Crippen molar-refractivity contribution in [3.8, 4) is 23.3 Å². The molecule has 0 bridgehead atoms. The molecule has 0 fully saturated rings. The van der Waals surface area contributed by atoms with Crippen molar-refractivity contribution in [2.45, 2.75) is 26.3 Å². The van der Waals surface area contributed by atoms with Gasteiger partial charge in [-0.25, -0.2) is 15.0 Å². The van der Waals surface area contributed by atoms with E-state index in [1.165, 1.54) is 6.20 Å². The second kappa shape index (κ2) is 8.91. The van der Waals surface area contributed by atoms with Crippen LogP contribution in [0, 0.1) is 18.3 Å². The molecule has 1 aromatic carbocycles. The minimum absolute atomic E-state index is 0.0257. The molecule has 2 N–H and O–H groups in total. The Morgan fingerprint density at radius 2 is 1.91 bits per heavy atom. The number of imidazole rings is 2. The quantitative estimate of drug-likeness (QED) is 0.387. The molecule has 5 rings (SSSR count). The number of hydrogen-bond donors (Lipinski definition) is 2. The average Bonchev–Trinajstić information content (AvgIpc) is 3.42. The number of pyridine rings is 1. The molecule has 0 spiro atoms. The van der Waals surface area contributed by atoms with Gasteiger partial charge < -0.3 is 15.0 Å². The largest absolute Gasteiger partial charge is 0.492 e. The summed E-state index contributed by atoms with van der Waals surface area (Å²) in [6.07, 6.45) is 7.41. The third-order valence-electron chi connectivity index (χ3n) is 6.03. The lowest BCUT2D eigenvalue weighted by Gasteiger charge is -2.15. The highest BCUT2D eigenvalue weighted by atomic mass is 16.3. The lowest BCUT2D eigenvalue weighted by molar-refractivity contribution is 0.455. The Balaban J connectivity index is 1.38. The first-order valence-corrected chi connectivity index (χ1v) is 11.2. The number of hydrogen-bond acceptors (Lipinski definition) is 7. The van der Waals surface area contributed by atoms with E-state index in [1.54, 1.807) is 12.4 Å². The lowest BCUT2D eigenvalue weighted by atomic mass is 10.0. The molecule has 35 heavy (non-hydrogen) atoms. The van der Waals surface area contributed by atoms with Crippen LogP contribution in [0.2, 0.25) is 0 Å². The summed E-state index contributed by atoms with van der Waals surface area (Å²) in [4.78, 5) is 17.7. The molecule has 4 aromatic heterocycles. The molecule has 0 aliphatic heterocycles. The molecule has 9 heteroatoms. The molecule has 0 unspecified atom stereocenters. The zero-order valence-electron chi connectivity index (χ0n) is 19.6. The van der Waals surface area contributed by atoms with Crippen LogP contribution in [0.3, 0.4) is 0 Å². The summed E-state index contributed by atoms with van der Waals surface area (Å²) in [7, 11) is 1.86. The van der Waals surface area contributed by atoms with Crippen LogP contribution in [0.15, 0.2) is 61.2 Å². The van der Waals surface area contributed by atoms with Crippen molar-refractivity contribution >= 4 is 11.6 Å². The first-order chi connectivity index (χ1) is 16.9. The number of nitriles is 1. The maximum Gasteiger partial charge on any atom is 0.229 e. The van der Waals surface area contributed by atoms with Gasteiger partial charge in [0.15, 0.2) is 0 Å². The number of fused-ring (bicyclic) bond motifs is 1. The van der Waals surface area contributed by atoms with Crippen LogP contribution in [0.25, 0.3) is 17.0 Å². The van der Waals surface area contributed by atoms with Crippen molar-refractivity contribution in [1.82, 2.24) is 28.9 Å². The van der Waals surface area contributed by atoms with E-state index in [4.69, 9.17) is 0 Å². The van der Waals surface area contributed by atoms with Gasteiger partial charge in [-0.3, -0.25) is 4.40 Å². The van der Waals surface area contributed by atoms with Crippen molar-refractivity contribution in [2.75, 3.05) is 5.32 Å². The predicted molar refractivity (Wildman–Crippen MR) is 132 cm³/mol. The van der Waals surface area contributed by atoms with Gasteiger partial charge in [-0.2, -0.15) is 10.2 Å². The number of nitrogens with zero attached hydrogens (tertiary/aromatic N) is 7. The molecule has 5 aromatic rings. The van der Waals surface area contributed by atoms with Crippen molar-refractivity contribution in [3.63, 3.8) is 0 Å². The molecule has 1 atom stereocenters. The van der Waals surface area contributed by atoms with E-state index in [0.29, 0.717) is 23.6 Å². The van der Waals surface area contributed by atoms with Crippen LogP contribution >= 0.6 is 0 Å². The maximum atomic E-state index is 9.64. The Labute approximate surface area is 202 Å². The van der Waals surface area contributed by atoms with E-state index < -0.39 is 0 Å². The van der Waals surface area contributed by atoms with Gasteiger partial charge in [-0.15, -0.1) is 0 Å². The summed E-state index contributed by atoms with van der Waals surface area (Å²) in [5.74, 6) is 1.25. The van der Waals surface area contributed by atoms with Crippen LogP contribution in [0.4, 0.5) is 5.95 Å². The van der Waals surface area contributed by atoms with Gasteiger partial charge in [0.05, 0.1) is 35.9 Å². The molecule has 0 saturated heterocycles. The maximum absolute atomic E-state index is 9.64. The minimum atomic E-state index is -0.0635. The van der Waals surface area contributed by atoms with Crippen LogP contribution in [0.1, 0.15) is 41.0 Å². The molecule has 0 radical (unpaired) electrons. The summed E-state index contributed by atoms with van der Waals surface area (Å²) < 4.78 is 3.75. The Bertz CT molecular complexity index is 1560. The number of aromatic hydroxyl groups is 1. The molecule has 0 amide bonds. The van der Waals surface area contributed by atoms with Gasteiger partial charge in [0.25, 0.3) is 0 Å². The Kier molecular flexibility index (Phi) is 5.63. The SMILES string of the molecule is Cc1cccn2c(-c3nc(N[C@@H](C)c4ccc(Cc5nc(O)cn5C)cc4)ncc3C#N)cnc12. The van der Waals surface area contributed by atoms with Gasteiger partial charge >= 0.3 is 0 Å². The van der Waals surface area contributed by atoms with Crippen molar-refractivity contribution in [2.24, 2.45) is 7.05 Å². The average molecular weight is 465 g/mol. The highest BCUT2D eigenvalue weighted by Crippen LogP contribution is 2.26. The van der Waals surface area contributed by atoms with Gasteiger partial charge in [0, 0.05) is 19.7 Å². The number of aryl methyl sites for hydroxylation is 2. The van der Waals surface area contributed by atoms with Crippen LogP contribution in [-0.2, 0) is 13.5 Å². The Morgan fingerprint density at radius 3 is 2.63 bits per heavy atom. The lowest BCUT2D eigenvalue weighted by Crippen LogP contribution is -2.10. The molecule has 4 heterocycles. The molecule has 0 saturated carbocycles. The Morgan fingerprint density at radius 1 is 1.11 bits per heavy atom. The predicted octanol–water partition coefficient (Wildman–Crippen LogP) is 4.17. The summed E-state index contributed by atoms with van der Waals surface area (Å²) in [6.45, 7) is 4.03. The monoisotopic (exact) mass is 464 g/mol. The highest BCUT2D eigenvalue weighted by Gasteiger charge is 2.16. The van der Waals surface area contributed by atoms with E-state index in [9.17, 15) is 10.4 Å².